The predicted octanol–water partition coefficient (Wildman–Crippen LogP) is -0.375. The van der Waals surface area contributed by atoms with E-state index in [1.165, 1.54) is 4.68 Å². The Morgan fingerprint density at radius 1 is 1.35 bits per heavy atom. The summed E-state index contributed by atoms with van der Waals surface area (Å²) in [5.74, 6) is -0.0783. The normalized spacial score (nSPS) is 12.9. The van der Waals surface area contributed by atoms with Gasteiger partial charge in [0.15, 0.2) is 11.5 Å². The summed E-state index contributed by atoms with van der Waals surface area (Å²) in [5.41, 5.74) is 2.19. The number of rotatable bonds is 4. The minimum absolute atomic E-state index is 0.00421. The van der Waals surface area contributed by atoms with Crippen molar-refractivity contribution in [1.29, 1.82) is 0 Å². The van der Waals surface area contributed by atoms with Crippen LogP contribution in [0.4, 0.5) is 5.69 Å². The van der Waals surface area contributed by atoms with Crippen LogP contribution in [0.5, 0.6) is 0 Å². The van der Waals surface area contributed by atoms with Gasteiger partial charge in [-0.05, 0) is 35.3 Å². The summed E-state index contributed by atoms with van der Waals surface area (Å²) >= 11 is 0. The van der Waals surface area contributed by atoms with E-state index in [4.69, 9.17) is 4.65 Å². The highest BCUT2D eigenvalue weighted by molar-refractivity contribution is 6.61. The molecule has 0 fully saturated rings. The Kier molecular flexibility index (Phi) is 4.21. The van der Waals surface area contributed by atoms with Crippen molar-refractivity contribution < 1.29 is 19.6 Å². The standard InChI is InChI=1S/C16H14BN5O4/c23-8-13-15(20-21-22(13)14-3-1-2-6-18-14)16(24)19-11-5-4-10-9-26-17(25)12(10)7-11/h1-7,23,25H,8-9H2,(H,19,24). The van der Waals surface area contributed by atoms with Crippen LogP contribution in [0.15, 0.2) is 42.6 Å². The molecule has 9 nitrogen and oxygen atoms in total. The molecule has 26 heavy (non-hydrogen) atoms. The molecule has 3 N–H and O–H groups in total. The van der Waals surface area contributed by atoms with Crippen LogP contribution < -0.4 is 10.8 Å². The van der Waals surface area contributed by atoms with Crippen molar-refractivity contribution in [3.63, 3.8) is 0 Å². The van der Waals surface area contributed by atoms with E-state index in [0.29, 0.717) is 23.6 Å². The van der Waals surface area contributed by atoms with Gasteiger partial charge in [0, 0.05) is 11.9 Å². The number of amides is 1. The Morgan fingerprint density at radius 3 is 3.00 bits per heavy atom. The topological polar surface area (TPSA) is 122 Å². The lowest BCUT2D eigenvalue weighted by molar-refractivity contribution is 0.101. The molecule has 4 rings (SSSR count). The molecule has 2 aromatic heterocycles. The second-order valence-electron chi connectivity index (χ2n) is 5.67. The average molecular weight is 351 g/mol. The number of nitrogens with one attached hydrogen (secondary N) is 1. The molecule has 0 spiro atoms. The number of nitrogens with zero attached hydrogens (tertiary/aromatic N) is 4. The summed E-state index contributed by atoms with van der Waals surface area (Å²) in [6.07, 6.45) is 1.58. The largest absolute Gasteiger partial charge is 0.491 e. The molecule has 0 atom stereocenters. The van der Waals surface area contributed by atoms with Crippen LogP contribution in [0.25, 0.3) is 5.82 Å². The summed E-state index contributed by atoms with van der Waals surface area (Å²) in [5, 5.41) is 29.9. The van der Waals surface area contributed by atoms with E-state index in [2.05, 4.69) is 20.6 Å². The van der Waals surface area contributed by atoms with Crippen LogP contribution >= 0.6 is 0 Å². The fourth-order valence-corrected chi connectivity index (χ4v) is 2.77. The number of pyridine rings is 1. The lowest BCUT2D eigenvalue weighted by Gasteiger charge is -2.07. The summed E-state index contributed by atoms with van der Waals surface area (Å²) in [6.45, 7) is -0.0964. The first-order valence-electron chi connectivity index (χ1n) is 7.88. The van der Waals surface area contributed by atoms with Crippen molar-refractivity contribution in [2.75, 3.05) is 5.32 Å². The van der Waals surface area contributed by atoms with Gasteiger partial charge in [-0.2, -0.15) is 4.68 Å². The van der Waals surface area contributed by atoms with Crippen molar-refractivity contribution in [3.05, 3.63) is 59.5 Å². The van der Waals surface area contributed by atoms with Crippen LogP contribution in [0.1, 0.15) is 21.7 Å². The second kappa shape index (κ2) is 6.67. The molecule has 3 heterocycles. The molecule has 0 aliphatic carbocycles. The van der Waals surface area contributed by atoms with E-state index >= 15 is 0 Å². The number of anilines is 1. The number of hydrogen-bond donors (Lipinski definition) is 3. The first-order valence-corrected chi connectivity index (χ1v) is 7.88. The summed E-state index contributed by atoms with van der Waals surface area (Å²) < 4.78 is 6.45. The summed E-state index contributed by atoms with van der Waals surface area (Å²) in [7, 11) is -1.00. The molecule has 1 aliphatic heterocycles. The fraction of sp³-hybridized carbons (Fsp3) is 0.125. The van der Waals surface area contributed by atoms with Crippen molar-refractivity contribution in [2.45, 2.75) is 13.2 Å². The Bertz CT molecular complexity index is 963. The van der Waals surface area contributed by atoms with Crippen LogP contribution in [0.2, 0.25) is 0 Å². The molecule has 3 aromatic rings. The first-order chi connectivity index (χ1) is 12.7. The molecule has 1 aliphatic rings. The third-order valence-electron chi connectivity index (χ3n) is 4.06. The van der Waals surface area contributed by atoms with Gasteiger partial charge in [0.1, 0.15) is 5.69 Å². The third kappa shape index (κ3) is 2.86. The minimum Gasteiger partial charge on any atom is -0.423 e. The number of aliphatic hydroxyl groups excluding tert-OH is 1. The molecule has 10 heteroatoms. The Balaban J connectivity index is 1.61. The van der Waals surface area contributed by atoms with Gasteiger partial charge in [0.05, 0.1) is 13.2 Å². The molecule has 0 radical (unpaired) electrons. The number of carbonyl (C=O) groups is 1. The van der Waals surface area contributed by atoms with Gasteiger partial charge < -0.3 is 20.1 Å². The highest BCUT2D eigenvalue weighted by Gasteiger charge is 2.28. The highest BCUT2D eigenvalue weighted by atomic mass is 16.5. The van der Waals surface area contributed by atoms with E-state index in [9.17, 15) is 14.9 Å². The quantitative estimate of drug-likeness (QED) is 0.548. The zero-order valence-electron chi connectivity index (χ0n) is 13.5. The van der Waals surface area contributed by atoms with E-state index in [1.54, 1.807) is 42.6 Å². The molecule has 1 aromatic carbocycles. The molecule has 0 bridgehead atoms. The van der Waals surface area contributed by atoms with Gasteiger partial charge in [-0.3, -0.25) is 4.79 Å². The van der Waals surface area contributed by atoms with E-state index in [-0.39, 0.29) is 11.4 Å². The van der Waals surface area contributed by atoms with Crippen molar-refractivity contribution >= 4 is 24.2 Å². The van der Waals surface area contributed by atoms with Crippen molar-refractivity contribution in [1.82, 2.24) is 20.0 Å². The number of benzene rings is 1. The van der Waals surface area contributed by atoms with Crippen LogP contribution in [0, 0.1) is 0 Å². The van der Waals surface area contributed by atoms with Crippen molar-refractivity contribution in [3.8, 4) is 5.82 Å². The molecule has 0 saturated carbocycles. The van der Waals surface area contributed by atoms with E-state index in [1.807, 2.05) is 0 Å². The SMILES string of the molecule is O=C(Nc1ccc2c(c1)B(O)OC2)c1nnn(-c2ccccn2)c1CO. The van der Waals surface area contributed by atoms with Gasteiger partial charge in [-0.15, -0.1) is 5.10 Å². The van der Waals surface area contributed by atoms with Gasteiger partial charge >= 0.3 is 7.12 Å². The van der Waals surface area contributed by atoms with Crippen molar-refractivity contribution in [2.24, 2.45) is 0 Å². The van der Waals surface area contributed by atoms with Crippen LogP contribution in [0.3, 0.4) is 0 Å². The van der Waals surface area contributed by atoms with Gasteiger partial charge in [-0.25, -0.2) is 4.98 Å². The zero-order valence-corrected chi connectivity index (χ0v) is 13.5. The Hall–Kier alpha value is -3.08. The number of carbonyl (C=O) groups excluding carboxylic acids is 1. The number of aromatic nitrogens is 4. The summed E-state index contributed by atoms with van der Waals surface area (Å²) in [6, 6.07) is 10.3. The van der Waals surface area contributed by atoms with Crippen LogP contribution in [-0.4, -0.2) is 43.1 Å². The average Bonchev–Trinajstić information content (AvgIpc) is 3.26. The third-order valence-corrected chi connectivity index (χ3v) is 4.06. The predicted molar refractivity (Wildman–Crippen MR) is 91.9 cm³/mol. The van der Waals surface area contributed by atoms with Crippen LogP contribution in [-0.2, 0) is 17.9 Å². The maximum atomic E-state index is 12.6. The fourth-order valence-electron chi connectivity index (χ4n) is 2.77. The highest BCUT2D eigenvalue weighted by Crippen LogP contribution is 2.17. The molecular formula is C16H14BN5O4. The van der Waals surface area contributed by atoms with Gasteiger partial charge in [-0.1, -0.05) is 17.3 Å². The Labute approximate surface area is 148 Å². The monoisotopic (exact) mass is 351 g/mol. The van der Waals surface area contributed by atoms with Gasteiger partial charge in [0.25, 0.3) is 5.91 Å². The second-order valence-corrected chi connectivity index (χ2v) is 5.67. The van der Waals surface area contributed by atoms with Gasteiger partial charge in [0.2, 0.25) is 0 Å². The summed E-state index contributed by atoms with van der Waals surface area (Å²) in [4.78, 5) is 16.7. The molecule has 130 valence electrons. The van der Waals surface area contributed by atoms with E-state index in [0.717, 1.165) is 5.56 Å². The zero-order chi connectivity index (χ0) is 18.1. The maximum Gasteiger partial charge on any atom is 0.491 e. The lowest BCUT2D eigenvalue weighted by atomic mass is 9.79. The lowest BCUT2D eigenvalue weighted by Crippen LogP contribution is -2.28. The number of hydrogen-bond acceptors (Lipinski definition) is 7. The smallest absolute Gasteiger partial charge is 0.423 e. The molecule has 0 unspecified atom stereocenters. The first kappa shape index (κ1) is 16.4. The molecular weight excluding hydrogens is 337 g/mol. The minimum atomic E-state index is -1.00. The maximum absolute atomic E-state index is 12.6. The Morgan fingerprint density at radius 2 is 2.23 bits per heavy atom. The molecule has 1 amide bonds. The van der Waals surface area contributed by atoms with E-state index < -0.39 is 19.6 Å². The molecule has 0 saturated heterocycles. The number of fused-ring (bicyclic) bond motifs is 1. The number of aliphatic hydroxyl groups is 1.